The van der Waals surface area contributed by atoms with E-state index in [1.54, 1.807) is 12.3 Å². The van der Waals surface area contributed by atoms with Gasteiger partial charge in [0.1, 0.15) is 9.77 Å². The van der Waals surface area contributed by atoms with Crippen LogP contribution < -0.4 is 0 Å². The normalized spacial score (nSPS) is 12.3. The fourth-order valence-electron chi connectivity index (χ4n) is 1.52. The molecule has 6 nitrogen and oxygen atoms in total. The number of likely N-dealkylation sites (N-methyl/N-ethyl adjacent to an activating group) is 2. The number of sulfonamides is 1. The van der Waals surface area contributed by atoms with Crippen molar-refractivity contribution in [1.29, 1.82) is 0 Å². The summed E-state index contributed by atoms with van der Waals surface area (Å²) >= 11 is 0.937. The van der Waals surface area contributed by atoms with Crippen LogP contribution in [0.5, 0.6) is 0 Å². The van der Waals surface area contributed by atoms with Crippen LogP contribution in [0.3, 0.4) is 0 Å². The Morgan fingerprint density at radius 2 is 1.89 bits per heavy atom. The SMILES string of the molecule is Cc1csc(C(=O)O)c1S(=O)(=O)N(C)CCN(C)C. The Kier molecular flexibility index (Phi) is 5.08. The highest BCUT2D eigenvalue weighted by Crippen LogP contribution is 2.28. The molecule has 0 aliphatic heterocycles. The molecule has 0 aliphatic rings. The van der Waals surface area contributed by atoms with E-state index < -0.39 is 16.0 Å². The van der Waals surface area contributed by atoms with Crippen LogP contribution in [-0.2, 0) is 10.0 Å². The molecule has 1 aromatic rings. The Bertz CT molecular complexity index is 563. The fraction of sp³-hybridized carbons (Fsp3) is 0.545. The number of aromatic carboxylic acids is 1. The Morgan fingerprint density at radius 1 is 1.32 bits per heavy atom. The van der Waals surface area contributed by atoms with Crippen molar-refractivity contribution in [2.24, 2.45) is 0 Å². The number of carboxylic acids is 1. The molecule has 0 atom stereocenters. The zero-order valence-electron chi connectivity index (χ0n) is 11.4. The van der Waals surface area contributed by atoms with Gasteiger partial charge in [0.15, 0.2) is 0 Å². The molecule has 0 radical (unpaired) electrons. The van der Waals surface area contributed by atoms with Crippen molar-refractivity contribution in [3.63, 3.8) is 0 Å². The van der Waals surface area contributed by atoms with E-state index in [0.717, 1.165) is 11.3 Å². The third-order valence-electron chi connectivity index (χ3n) is 2.64. The molecule has 1 rings (SSSR count). The number of carboxylic acid groups (broad SMARTS) is 1. The van der Waals surface area contributed by atoms with Crippen molar-refractivity contribution >= 4 is 27.3 Å². The molecule has 0 aliphatic carbocycles. The lowest BCUT2D eigenvalue weighted by Crippen LogP contribution is -2.34. The number of carbonyl (C=O) groups is 1. The van der Waals surface area contributed by atoms with Gasteiger partial charge in [-0.25, -0.2) is 13.2 Å². The molecule has 0 spiro atoms. The molecule has 0 aromatic carbocycles. The van der Waals surface area contributed by atoms with Crippen molar-refractivity contribution in [2.75, 3.05) is 34.2 Å². The number of rotatable bonds is 6. The summed E-state index contributed by atoms with van der Waals surface area (Å²) in [6.07, 6.45) is 0. The Labute approximate surface area is 117 Å². The molecule has 0 amide bonds. The highest BCUT2D eigenvalue weighted by molar-refractivity contribution is 7.89. The van der Waals surface area contributed by atoms with E-state index in [4.69, 9.17) is 5.11 Å². The van der Waals surface area contributed by atoms with E-state index in [1.807, 2.05) is 19.0 Å². The summed E-state index contributed by atoms with van der Waals surface area (Å²) in [4.78, 5) is 12.7. The molecule has 1 N–H and O–H groups in total. The minimum absolute atomic E-state index is 0.0914. The standard InChI is InChI=1S/C11H18N2O4S2/c1-8-7-18-9(11(14)15)10(8)19(16,17)13(4)6-5-12(2)3/h7H,5-6H2,1-4H3,(H,14,15). The minimum atomic E-state index is -3.76. The Balaban J connectivity index is 3.13. The lowest BCUT2D eigenvalue weighted by Gasteiger charge is -2.19. The molecule has 0 saturated carbocycles. The minimum Gasteiger partial charge on any atom is -0.477 e. The molecule has 19 heavy (non-hydrogen) atoms. The Morgan fingerprint density at radius 3 is 2.37 bits per heavy atom. The van der Waals surface area contributed by atoms with Gasteiger partial charge in [0.05, 0.1) is 0 Å². The van der Waals surface area contributed by atoms with Crippen molar-refractivity contribution in [3.8, 4) is 0 Å². The van der Waals surface area contributed by atoms with Crippen LogP contribution in [0.2, 0.25) is 0 Å². The van der Waals surface area contributed by atoms with Gasteiger partial charge in [-0.3, -0.25) is 0 Å². The van der Waals surface area contributed by atoms with E-state index in [1.165, 1.54) is 11.4 Å². The maximum Gasteiger partial charge on any atom is 0.347 e. The number of hydrogen-bond donors (Lipinski definition) is 1. The lowest BCUT2D eigenvalue weighted by atomic mass is 10.3. The first-order chi connectivity index (χ1) is 8.67. The van der Waals surface area contributed by atoms with E-state index in [0.29, 0.717) is 18.7 Å². The van der Waals surface area contributed by atoms with E-state index >= 15 is 0 Å². The monoisotopic (exact) mass is 306 g/mol. The summed E-state index contributed by atoms with van der Waals surface area (Å²) in [7, 11) is 1.39. The summed E-state index contributed by atoms with van der Waals surface area (Å²) in [6.45, 7) is 2.49. The number of hydrogen-bond acceptors (Lipinski definition) is 5. The molecule has 0 saturated heterocycles. The van der Waals surface area contributed by atoms with E-state index in [2.05, 4.69) is 0 Å². The Hall–Kier alpha value is -0.960. The maximum absolute atomic E-state index is 12.4. The van der Waals surface area contributed by atoms with Crippen LogP contribution in [0.25, 0.3) is 0 Å². The zero-order chi connectivity index (χ0) is 14.8. The largest absolute Gasteiger partial charge is 0.477 e. The van der Waals surface area contributed by atoms with Gasteiger partial charge in [-0.05, 0) is 32.0 Å². The van der Waals surface area contributed by atoms with Crippen molar-refractivity contribution in [1.82, 2.24) is 9.21 Å². The quantitative estimate of drug-likeness (QED) is 0.846. The van der Waals surface area contributed by atoms with Gasteiger partial charge in [0.2, 0.25) is 10.0 Å². The van der Waals surface area contributed by atoms with Gasteiger partial charge in [-0.15, -0.1) is 11.3 Å². The van der Waals surface area contributed by atoms with Gasteiger partial charge in [-0.2, -0.15) is 4.31 Å². The average molecular weight is 306 g/mol. The average Bonchev–Trinajstić information content (AvgIpc) is 2.68. The summed E-state index contributed by atoms with van der Waals surface area (Å²) in [5.74, 6) is -1.21. The summed E-state index contributed by atoms with van der Waals surface area (Å²) in [5.41, 5.74) is 0.471. The van der Waals surface area contributed by atoms with Crippen molar-refractivity contribution < 1.29 is 18.3 Å². The molecule has 1 aromatic heterocycles. The van der Waals surface area contributed by atoms with Crippen LogP contribution in [0.15, 0.2) is 10.3 Å². The van der Waals surface area contributed by atoms with E-state index in [9.17, 15) is 13.2 Å². The molecule has 108 valence electrons. The molecule has 8 heteroatoms. The number of aryl methyl sites for hydroxylation is 1. The molecular formula is C11H18N2O4S2. The van der Waals surface area contributed by atoms with Crippen LogP contribution in [0, 0.1) is 6.92 Å². The molecular weight excluding hydrogens is 288 g/mol. The van der Waals surface area contributed by atoms with Gasteiger partial charge in [0.25, 0.3) is 0 Å². The lowest BCUT2D eigenvalue weighted by molar-refractivity contribution is 0.0698. The van der Waals surface area contributed by atoms with Crippen LogP contribution in [0.4, 0.5) is 0 Å². The molecule has 0 bridgehead atoms. The van der Waals surface area contributed by atoms with Crippen molar-refractivity contribution in [2.45, 2.75) is 11.8 Å². The van der Waals surface area contributed by atoms with Crippen LogP contribution in [0.1, 0.15) is 15.2 Å². The topological polar surface area (TPSA) is 77.9 Å². The summed E-state index contributed by atoms with van der Waals surface area (Å²) in [5, 5.41) is 10.6. The van der Waals surface area contributed by atoms with Gasteiger partial charge < -0.3 is 10.0 Å². The number of nitrogens with zero attached hydrogens (tertiary/aromatic N) is 2. The predicted octanol–water partition coefficient (Wildman–Crippen LogP) is 0.937. The molecule has 1 heterocycles. The third kappa shape index (κ3) is 3.53. The number of thiophene rings is 1. The molecule has 0 unspecified atom stereocenters. The second-order valence-electron chi connectivity index (χ2n) is 4.51. The second kappa shape index (κ2) is 6.00. The summed E-state index contributed by atoms with van der Waals surface area (Å²) in [6, 6.07) is 0. The van der Waals surface area contributed by atoms with Gasteiger partial charge >= 0.3 is 5.97 Å². The maximum atomic E-state index is 12.4. The van der Waals surface area contributed by atoms with Gasteiger partial charge in [0, 0.05) is 20.1 Å². The predicted molar refractivity (Wildman–Crippen MR) is 74.4 cm³/mol. The fourth-order valence-corrected chi connectivity index (χ4v) is 4.26. The van der Waals surface area contributed by atoms with E-state index in [-0.39, 0.29) is 9.77 Å². The first kappa shape index (κ1) is 16.1. The van der Waals surface area contributed by atoms with Crippen LogP contribution in [-0.4, -0.2) is 62.9 Å². The highest BCUT2D eigenvalue weighted by Gasteiger charge is 2.30. The van der Waals surface area contributed by atoms with Crippen molar-refractivity contribution in [3.05, 3.63) is 15.8 Å². The highest BCUT2D eigenvalue weighted by atomic mass is 32.2. The first-order valence-corrected chi connectivity index (χ1v) is 7.92. The smallest absolute Gasteiger partial charge is 0.347 e. The first-order valence-electron chi connectivity index (χ1n) is 5.60. The third-order valence-corrected chi connectivity index (χ3v) is 5.90. The zero-order valence-corrected chi connectivity index (χ0v) is 13.0. The van der Waals surface area contributed by atoms with Crippen LogP contribution >= 0.6 is 11.3 Å². The summed E-state index contributed by atoms with van der Waals surface area (Å²) < 4.78 is 26.0. The van der Waals surface area contributed by atoms with Gasteiger partial charge in [-0.1, -0.05) is 0 Å². The molecule has 0 fully saturated rings. The second-order valence-corrected chi connectivity index (χ2v) is 7.37.